The lowest BCUT2D eigenvalue weighted by Crippen LogP contribution is -2.13. The maximum atomic E-state index is 12.4. The molecular weight excluding hydrogens is 376 g/mol. The van der Waals surface area contributed by atoms with Crippen molar-refractivity contribution in [3.63, 3.8) is 0 Å². The predicted molar refractivity (Wildman–Crippen MR) is 110 cm³/mol. The zero-order valence-electron chi connectivity index (χ0n) is 15.6. The lowest BCUT2D eigenvalue weighted by Gasteiger charge is -2.11. The number of halogens is 1. The van der Waals surface area contributed by atoms with Crippen LogP contribution < -0.4 is 14.8 Å². The SMILES string of the molecule is C#CCOc1ccc(C=C(C#N)C(=O)Nc2ccc(C)c(Cl)c2)cc1OCC. The van der Waals surface area contributed by atoms with Gasteiger partial charge in [0.2, 0.25) is 0 Å². The molecule has 0 fully saturated rings. The van der Waals surface area contributed by atoms with Gasteiger partial charge in [-0.3, -0.25) is 4.79 Å². The third kappa shape index (κ3) is 5.54. The van der Waals surface area contributed by atoms with E-state index in [1.165, 1.54) is 6.08 Å². The van der Waals surface area contributed by atoms with Crippen LogP contribution >= 0.6 is 11.6 Å². The first kappa shape index (κ1) is 20.9. The van der Waals surface area contributed by atoms with Gasteiger partial charge < -0.3 is 14.8 Å². The van der Waals surface area contributed by atoms with Crippen LogP contribution in [0.3, 0.4) is 0 Å². The second-order valence-corrected chi connectivity index (χ2v) is 6.13. The second-order valence-electron chi connectivity index (χ2n) is 5.72. The summed E-state index contributed by atoms with van der Waals surface area (Å²) >= 11 is 6.07. The highest BCUT2D eigenvalue weighted by molar-refractivity contribution is 6.31. The van der Waals surface area contributed by atoms with Crippen LogP contribution in [0.1, 0.15) is 18.1 Å². The first-order chi connectivity index (χ1) is 13.5. The number of aryl methyl sites for hydroxylation is 1. The van der Waals surface area contributed by atoms with E-state index in [1.807, 2.05) is 19.9 Å². The molecule has 0 saturated heterocycles. The van der Waals surface area contributed by atoms with Gasteiger partial charge >= 0.3 is 0 Å². The van der Waals surface area contributed by atoms with Crippen molar-refractivity contribution < 1.29 is 14.3 Å². The number of ether oxygens (including phenoxy) is 2. The van der Waals surface area contributed by atoms with Gasteiger partial charge in [-0.1, -0.05) is 29.7 Å². The number of rotatable bonds is 7. The normalized spacial score (nSPS) is 10.5. The number of nitrogens with zero attached hydrogens (tertiary/aromatic N) is 1. The molecule has 0 aliphatic heterocycles. The molecule has 0 heterocycles. The minimum absolute atomic E-state index is 0.0589. The molecule has 28 heavy (non-hydrogen) atoms. The number of anilines is 1. The third-order valence-corrected chi connectivity index (χ3v) is 4.09. The highest BCUT2D eigenvalue weighted by Crippen LogP contribution is 2.29. The van der Waals surface area contributed by atoms with Gasteiger partial charge in [0.15, 0.2) is 11.5 Å². The summed E-state index contributed by atoms with van der Waals surface area (Å²) in [5, 5.41) is 12.6. The molecule has 2 aromatic carbocycles. The number of carbonyl (C=O) groups excluding carboxylic acids is 1. The molecule has 142 valence electrons. The fraction of sp³-hybridized carbons (Fsp3) is 0.182. The number of carbonyl (C=O) groups is 1. The summed E-state index contributed by atoms with van der Waals surface area (Å²) in [4.78, 5) is 12.4. The van der Waals surface area contributed by atoms with Crippen LogP contribution in [0.15, 0.2) is 42.0 Å². The average Bonchev–Trinajstić information content (AvgIpc) is 2.68. The summed E-state index contributed by atoms with van der Waals surface area (Å²) in [6, 6.07) is 12.1. The number of terminal acetylenes is 1. The van der Waals surface area contributed by atoms with E-state index >= 15 is 0 Å². The lowest BCUT2D eigenvalue weighted by atomic mass is 10.1. The smallest absolute Gasteiger partial charge is 0.266 e. The number of hydrogen-bond donors (Lipinski definition) is 1. The van der Waals surface area contributed by atoms with E-state index in [9.17, 15) is 10.1 Å². The van der Waals surface area contributed by atoms with E-state index in [2.05, 4.69) is 11.2 Å². The monoisotopic (exact) mass is 394 g/mol. The zero-order chi connectivity index (χ0) is 20.5. The number of hydrogen-bond acceptors (Lipinski definition) is 4. The van der Waals surface area contributed by atoms with Crippen molar-refractivity contribution >= 4 is 29.3 Å². The fourth-order valence-corrected chi connectivity index (χ4v) is 2.49. The van der Waals surface area contributed by atoms with Crippen LogP contribution in [-0.2, 0) is 4.79 Å². The van der Waals surface area contributed by atoms with E-state index in [1.54, 1.807) is 36.4 Å². The van der Waals surface area contributed by atoms with Crippen molar-refractivity contribution in [2.45, 2.75) is 13.8 Å². The standard InChI is InChI=1S/C22H19ClN2O3/c1-4-10-28-20-9-7-16(12-21(20)27-5-2)11-17(14-24)22(26)25-18-8-6-15(3)19(23)13-18/h1,6-9,11-13H,5,10H2,2-3H3,(H,25,26). The summed E-state index contributed by atoms with van der Waals surface area (Å²) in [7, 11) is 0. The second kappa shape index (κ2) is 10.1. The minimum atomic E-state index is -0.534. The molecule has 0 aromatic heterocycles. The molecule has 0 atom stereocenters. The summed E-state index contributed by atoms with van der Waals surface area (Å²) in [6.45, 7) is 4.25. The Morgan fingerprint density at radius 3 is 2.68 bits per heavy atom. The predicted octanol–water partition coefficient (Wildman–Crippen LogP) is 4.60. The Balaban J connectivity index is 2.26. The minimum Gasteiger partial charge on any atom is -0.490 e. The summed E-state index contributed by atoms with van der Waals surface area (Å²) in [5.74, 6) is 2.83. The van der Waals surface area contributed by atoms with Gasteiger partial charge in [-0.2, -0.15) is 5.26 Å². The Hall–Kier alpha value is -3.41. The maximum absolute atomic E-state index is 12.4. The Morgan fingerprint density at radius 2 is 2.04 bits per heavy atom. The van der Waals surface area contributed by atoms with Crippen LogP contribution in [0.2, 0.25) is 5.02 Å². The van der Waals surface area contributed by atoms with Crippen LogP contribution in [0.4, 0.5) is 5.69 Å². The third-order valence-electron chi connectivity index (χ3n) is 3.68. The maximum Gasteiger partial charge on any atom is 0.266 e. The van der Waals surface area contributed by atoms with Gasteiger partial charge in [0.25, 0.3) is 5.91 Å². The Labute approximate surface area is 169 Å². The Morgan fingerprint density at radius 1 is 1.25 bits per heavy atom. The number of benzene rings is 2. The van der Waals surface area contributed by atoms with Gasteiger partial charge in [0, 0.05) is 10.7 Å². The topological polar surface area (TPSA) is 71.3 Å². The summed E-state index contributed by atoms with van der Waals surface area (Å²) < 4.78 is 11.0. The van der Waals surface area contributed by atoms with Gasteiger partial charge in [-0.15, -0.1) is 6.42 Å². The molecule has 0 unspecified atom stereocenters. The molecule has 0 saturated carbocycles. The lowest BCUT2D eigenvalue weighted by molar-refractivity contribution is -0.112. The van der Waals surface area contributed by atoms with Crippen molar-refractivity contribution in [2.24, 2.45) is 0 Å². The van der Waals surface area contributed by atoms with E-state index in [0.717, 1.165) is 5.56 Å². The van der Waals surface area contributed by atoms with Gasteiger partial charge in [0.05, 0.1) is 6.61 Å². The van der Waals surface area contributed by atoms with Crippen molar-refractivity contribution in [3.8, 4) is 29.9 Å². The molecule has 0 aliphatic carbocycles. The van der Waals surface area contributed by atoms with E-state index in [0.29, 0.717) is 34.4 Å². The number of amides is 1. The van der Waals surface area contributed by atoms with E-state index < -0.39 is 5.91 Å². The van der Waals surface area contributed by atoms with Crippen LogP contribution in [0.5, 0.6) is 11.5 Å². The fourth-order valence-electron chi connectivity index (χ4n) is 2.31. The number of nitrogens with one attached hydrogen (secondary N) is 1. The molecule has 2 aromatic rings. The first-order valence-electron chi connectivity index (χ1n) is 8.51. The highest BCUT2D eigenvalue weighted by Gasteiger charge is 2.12. The van der Waals surface area contributed by atoms with Crippen molar-refractivity contribution in [2.75, 3.05) is 18.5 Å². The molecule has 0 bridgehead atoms. The quantitative estimate of drug-likeness (QED) is 0.423. The average molecular weight is 395 g/mol. The van der Waals surface area contributed by atoms with Gasteiger partial charge in [-0.25, -0.2) is 0 Å². The zero-order valence-corrected chi connectivity index (χ0v) is 16.3. The summed E-state index contributed by atoms with van der Waals surface area (Å²) in [5.41, 5.74) is 1.96. The molecule has 0 aliphatic rings. The largest absolute Gasteiger partial charge is 0.490 e. The van der Waals surface area contributed by atoms with E-state index in [-0.39, 0.29) is 12.2 Å². The van der Waals surface area contributed by atoms with Crippen LogP contribution in [0.25, 0.3) is 6.08 Å². The molecular formula is C22H19ClN2O3. The Kier molecular flexibility index (Phi) is 7.51. The van der Waals surface area contributed by atoms with Crippen molar-refractivity contribution in [1.29, 1.82) is 5.26 Å². The molecule has 1 N–H and O–H groups in total. The van der Waals surface area contributed by atoms with Crippen molar-refractivity contribution in [1.82, 2.24) is 0 Å². The molecule has 0 radical (unpaired) electrons. The summed E-state index contributed by atoms with van der Waals surface area (Å²) in [6.07, 6.45) is 6.69. The van der Waals surface area contributed by atoms with Gasteiger partial charge in [0.1, 0.15) is 18.2 Å². The molecule has 5 nitrogen and oxygen atoms in total. The Bertz CT molecular complexity index is 984. The molecule has 6 heteroatoms. The molecule has 2 rings (SSSR count). The van der Waals surface area contributed by atoms with Crippen LogP contribution in [0, 0.1) is 30.6 Å². The van der Waals surface area contributed by atoms with Crippen LogP contribution in [-0.4, -0.2) is 19.1 Å². The number of nitriles is 1. The van der Waals surface area contributed by atoms with Gasteiger partial charge in [-0.05, 0) is 55.3 Å². The first-order valence-corrected chi connectivity index (χ1v) is 8.88. The molecule has 0 spiro atoms. The van der Waals surface area contributed by atoms with Crippen molar-refractivity contribution in [3.05, 3.63) is 58.1 Å². The van der Waals surface area contributed by atoms with E-state index in [4.69, 9.17) is 27.5 Å². The molecule has 1 amide bonds. The highest BCUT2D eigenvalue weighted by atomic mass is 35.5.